The maximum Gasteiger partial charge on any atom is 0.203 e. The summed E-state index contributed by atoms with van der Waals surface area (Å²) in [5.41, 5.74) is 2.00. The SMILES string of the molecule is CCn1ccnc1-c1cc(OC)c(OCc2ccccc2)c(OC)c1. The quantitative estimate of drug-likeness (QED) is 0.649. The summed E-state index contributed by atoms with van der Waals surface area (Å²) in [6.45, 7) is 3.36. The van der Waals surface area contributed by atoms with Crippen molar-refractivity contribution >= 4 is 0 Å². The van der Waals surface area contributed by atoms with Gasteiger partial charge in [-0.1, -0.05) is 30.3 Å². The highest BCUT2D eigenvalue weighted by atomic mass is 16.5. The summed E-state index contributed by atoms with van der Waals surface area (Å²) in [5.74, 6) is 2.70. The van der Waals surface area contributed by atoms with Crippen molar-refractivity contribution in [2.75, 3.05) is 14.2 Å². The second kappa shape index (κ2) is 7.75. The monoisotopic (exact) mass is 338 g/mol. The molecule has 0 bridgehead atoms. The van der Waals surface area contributed by atoms with E-state index in [0.29, 0.717) is 23.9 Å². The van der Waals surface area contributed by atoms with Crippen LogP contribution in [0.3, 0.4) is 0 Å². The summed E-state index contributed by atoms with van der Waals surface area (Å²) in [5, 5.41) is 0. The van der Waals surface area contributed by atoms with Crippen molar-refractivity contribution in [3.8, 4) is 28.6 Å². The molecule has 0 fully saturated rings. The topological polar surface area (TPSA) is 45.5 Å². The Hall–Kier alpha value is -2.95. The van der Waals surface area contributed by atoms with Crippen LogP contribution in [0.25, 0.3) is 11.4 Å². The molecule has 0 spiro atoms. The molecule has 3 rings (SSSR count). The Bertz CT molecular complexity index is 803. The number of aryl methyl sites for hydroxylation is 1. The van der Waals surface area contributed by atoms with Crippen LogP contribution in [0.15, 0.2) is 54.9 Å². The largest absolute Gasteiger partial charge is 0.493 e. The number of hydrogen-bond donors (Lipinski definition) is 0. The lowest BCUT2D eigenvalue weighted by molar-refractivity contribution is 0.266. The summed E-state index contributed by atoms with van der Waals surface area (Å²) < 4.78 is 19.1. The second-order valence-corrected chi connectivity index (χ2v) is 5.52. The van der Waals surface area contributed by atoms with E-state index >= 15 is 0 Å². The van der Waals surface area contributed by atoms with Crippen molar-refractivity contribution < 1.29 is 14.2 Å². The second-order valence-electron chi connectivity index (χ2n) is 5.52. The van der Waals surface area contributed by atoms with Gasteiger partial charge in [0.15, 0.2) is 11.5 Å². The molecule has 0 aliphatic rings. The van der Waals surface area contributed by atoms with Gasteiger partial charge in [-0.05, 0) is 24.6 Å². The first-order chi connectivity index (χ1) is 12.3. The van der Waals surface area contributed by atoms with Crippen LogP contribution < -0.4 is 14.2 Å². The standard InChI is InChI=1S/C20H22N2O3/c1-4-22-11-10-21-20(22)16-12-17(23-2)19(18(13-16)24-3)25-14-15-8-6-5-7-9-15/h5-13H,4,14H2,1-3H3. The van der Waals surface area contributed by atoms with Crippen molar-refractivity contribution in [3.05, 3.63) is 60.4 Å². The van der Waals surface area contributed by atoms with Crippen molar-refractivity contribution in [2.45, 2.75) is 20.1 Å². The van der Waals surface area contributed by atoms with E-state index in [0.717, 1.165) is 23.5 Å². The first kappa shape index (κ1) is 16.9. The Balaban J connectivity index is 1.95. The van der Waals surface area contributed by atoms with Crippen LogP contribution in [0.4, 0.5) is 0 Å². The van der Waals surface area contributed by atoms with Gasteiger partial charge in [-0.25, -0.2) is 4.98 Å². The van der Waals surface area contributed by atoms with Gasteiger partial charge in [0.1, 0.15) is 12.4 Å². The van der Waals surface area contributed by atoms with Crippen LogP contribution in [0.1, 0.15) is 12.5 Å². The van der Waals surface area contributed by atoms with Gasteiger partial charge in [-0.2, -0.15) is 0 Å². The lowest BCUT2D eigenvalue weighted by Gasteiger charge is -2.16. The fraction of sp³-hybridized carbons (Fsp3) is 0.250. The number of methoxy groups -OCH3 is 2. The molecule has 0 radical (unpaired) electrons. The minimum Gasteiger partial charge on any atom is -0.493 e. The number of ether oxygens (including phenoxy) is 3. The molecule has 25 heavy (non-hydrogen) atoms. The summed E-state index contributed by atoms with van der Waals surface area (Å²) in [6, 6.07) is 13.8. The maximum atomic E-state index is 5.99. The van der Waals surface area contributed by atoms with E-state index in [9.17, 15) is 0 Å². The fourth-order valence-electron chi connectivity index (χ4n) is 2.71. The van der Waals surface area contributed by atoms with Crippen molar-refractivity contribution in [3.63, 3.8) is 0 Å². The van der Waals surface area contributed by atoms with Crippen LogP contribution in [0.2, 0.25) is 0 Å². The molecular weight excluding hydrogens is 316 g/mol. The van der Waals surface area contributed by atoms with Crippen LogP contribution in [-0.2, 0) is 13.2 Å². The first-order valence-electron chi connectivity index (χ1n) is 8.21. The van der Waals surface area contributed by atoms with Crippen molar-refractivity contribution in [1.82, 2.24) is 9.55 Å². The van der Waals surface area contributed by atoms with Crippen LogP contribution in [0, 0.1) is 0 Å². The lowest BCUT2D eigenvalue weighted by atomic mass is 10.1. The third-order valence-corrected chi connectivity index (χ3v) is 4.00. The highest BCUT2D eigenvalue weighted by Crippen LogP contribution is 2.41. The molecule has 0 aliphatic heterocycles. The van der Waals surface area contributed by atoms with E-state index in [1.807, 2.05) is 48.7 Å². The van der Waals surface area contributed by atoms with Gasteiger partial charge in [0.25, 0.3) is 0 Å². The highest BCUT2D eigenvalue weighted by molar-refractivity contribution is 5.67. The number of aromatic nitrogens is 2. The Morgan fingerprint density at radius 1 is 1.00 bits per heavy atom. The zero-order valence-electron chi connectivity index (χ0n) is 14.7. The van der Waals surface area contributed by atoms with E-state index in [1.165, 1.54) is 0 Å². The molecule has 0 unspecified atom stereocenters. The van der Waals surface area contributed by atoms with Crippen LogP contribution in [0.5, 0.6) is 17.2 Å². The molecule has 1 aromatic heterocycles. The van der Waals surface area contributed by atoms with E-state index in [1.54, 1.807) is 20.4 Å². The van der Waals surface area contributed by atoms with Gasteiger partial charge < -0.3 is 18.8 Å². The Morgan fingerprint density at radius 3 is 2.28 bits per heavy atom. The number of rotatable bonds is 7. The minimum atomic E-state index is 0.441. The van der Waals surface area contributed by atoms with Gasteiger partial charge in [0, 0.05) is 24.5 Å². The smallest absolute Gasteiger partial charge is 0.203 e. The van der Waals surface area contributed by atoms with Gasteiger partial charge in [-0.15, -0.1) is 0 Å². The van der Waals surface area contributed by atoms with Gasteiger partial charge in [0.05, 0.1) is 14.2 Å². The molecule has 1 heterocycles. The maximum absolute atomic E-state index is 5.99. The molecule has 0 aliphatic carbocycles. The van der Waals surface area contributed by atoms with Gasteiger partial charge in [0.2, 0.25) is 5.75 Å². The minimum absolute atomic E-state index is 0.441. The predicted octanol–water partition coefficient (Wildman–Crippen LogP) is 4.17. The summed E-state index contributed by atoms with van der Waals surface area (Å²) in [4.78, 5) is 4.44. The van der Waals surface area contributed by atoms with Crippen LogP contribution >= 0.6 is 0 Å². The zero-order valence-corrected chi connectivity index (χ0v) is 14.7. The molecule has 0 saturated carbocycles. The summed E-state index contributed by atoms with van der Waals surface area (Å²) >= 11 is 0. The van der Waals surface area contributed by atoms with E-state index < -0.39 is 0 Å². The van der Waals surface area contributed by atoms with Crippen molar-refractivity contribution in [1.29, 1.82) is 0 Å². The summed E-state index contributed by atoms with van der Waals surface area (Å²) in [7, 11) is 3.25. The molecule has 0 atom stereocenters. The number of benzene rings is 2. The normalized spacial score (nSPS) is 10.5. The third kappa shape index (κ3) is 3.60. The predicted molar refractivity (Wildman–Crippen MR) is 97.2 cm³/mol. The van der Waals surface area contributed by atoms with Gasteiger partial charge >= 0.3 is 0 Å². The molecule has 0 N–H and O–H groups in total. The molecule has 2 aromatic carbocycles. The molecule has 0 amide bonds. The zero-order chi connectivity index (χ0) is 17.6. The average Bonchev–Trinajstić information content (AvgIpc) is 3.15. The average molecular weight is 338 g/mol. The Morgan fingerprint density at radius 2 is 1.68 bits per heavy atom. The van der Waals surface area contributed by atoms with Gasteiger partial charge in [-0.3, -0.25) is 0 Å². The van der Waals surface area contributed by atoms with Crippen molar-refractivity contribution in [2.24, 2.45) is 0 Å². The number of nitrogens with zero attached hydrogens (tertiary/aromatic N) is 2. The first-order valence-corrected chi connectivity index (χ1v) is 8.21. The van der Waals surface area contributed by atoms with E-state index in [4.69, 9.17) is 14.2 Å². The Kier molecular flexibility index (Phi) is 5.23. The molecule has 130 valence electrons. The van der Waals surface area contributed by atoms with Crippen LogP contribution in [-0.4, -0.2) is 23.8 Å². The highest BCUT2D eigenvalue weighted by Gasteiger charge is 2.17. The summed E-state index contributed by atoms with van der Waals surface area (Å²) in [6.07, 6.45) is 3.74. The van der Waals surface area contributed by atoms with E-state index in [-0.39, 0.29) is 0 Å². The Labute approximate surface area is 147 Å². The molecule has 5 heteroatoms. The third-order valence-electron chi connectivity index (χ3n) is 4.00. The number of imidazole rings is 1. The van der Waals surface area contributed by atoms with E-state index in [2.05, 4.69) is 16.5 Å². The fourth-order valence-corrected chi connectivity index (χ4v) is 2.71. The molecule has 3 aromatic rings. The molecule has 0 saturated heterocycles. The lowest BCUT2D eigenvalue weighted by Crippen LogP contribution is -2.02. The number of hydrogen-bond acceptors (Lipinski definition) is 4. The molecular formula is C20H22N2O3. The molecule has 5 nitrogen and oxygen atoms in total.